The maximum atomic E-state index is 13.3. The van der Waals surface area contributed by atoms with E-state index in [1.807, 2.05) is 11.3 Å². The van der Waals surface area contributed by atoms with Crippen LogP contribution in [0.2, 0.25) is 0 Å². The van der Waals surface area contributed by atoms with Crippen LogP contribution in [-0.4, -0.2) is 32.0 Å². The van der Waals surface area contributed by atoms with E-state index in [1.54, 1.807) is 42.7 Å². The molecule has 9 heteroatoms. The molecule has 1 aliphatic rings. The summed E-state index contributed by atoms with van der Waals surface area (Å²) in [5, 5.41) is 17.7. The van der Waals surface area contributed by atoms with Gasteiger partial charge in [0.05, 0.1) is 22.7 Å². The summed E-state index contributed by atoms with van der Waals surface area (Å²) in [6, 6.07) is 10.8. The van der Waals surface area contributed by atoms with Crippen molar-refractivity contribution in [2.75, 3.05) is 0 Å². The van der Waals surface area contributed by atoms with Crippen molar-refractivity contribution in [2.45, 2.75) is 50.3 Å². The van der Waals surface area contributed by atoms with Crippen LogP contribution in [0.3, 0.4) is 0 Å². The van der Waals surface area contributed by atoms with Crippen LogP contribution in [0.15, 0.2) is 47.6 Å². The van der Waals surface area contributed by atoms with Gasteiger partial charge in [0.2, 0.25) is 0 Å². The number of hydrogen-bond donors (Lipinski definition) is 0. The van der Waals surface area contributed by atoms with E-state index in [1.165, 1.54) is 3.97 Å². The smallest absolute Gasteiger partial charge is 0.269 e. The summed E-state index contributed by atoms with van der Waals surface area (Å²) in [7, 11) is -3.78. The number of fused-ring (bicyclic) bond motifs is 3. The lowest BCUT2D eigenvalue weighted by Crippen LogP contribution is -2.13. The van der Waals surface area contributed by atoms with Crippen LogP contribution in [0, 0.1) is 30.1 Å². The predicted octanol–water partition coefficient (Wildman–Crippen LogP) is 4.06. The Kier molecular flexibility index (Phi) is 4.97. The molecule has 8 nitrogen and oxygen atoms in total. The van der Waals surface area contributed by atoms with Gasteiger partial charge in [-0.15, -0.1) is 10.2 Å². The quantitative estimate of drug-likeness (QED) is 0.456. The van der Waals surface area contributed by atoms with E-state index in [9.17, 15) is 8.42 Å². The summed E-state index contributed by atoms with van der Waals surface area (Å²) < 4.78 is 29.7. The first-order valence-corrected chi connectivity index (χ1v) is 12.2. The van der Waals surface area contributed by atoms with E-state index in [0.29, 0.717) is 35.1 Å². The average molecular weight is 449 g/mol. The van der Waals surface area contributed by atoms with Gasteiger partial charge in [0.25, 0.3) is 10.0 Å². The molecule has 0 spiro atoms. The number of nitriles is 1. The SMILES string of the molecule is Cc1ccc(S(=O)(=O)n2ccc3c2ncc2nnc([C@H]4C[C@H](CCC#N)C[C@H]4C)n23)cc1. The second-order valence-electron chi connectivity index (χ2n) is 8.77. The Morgan fingerprint density at radius 1 is 1.16 bits per heavy atom. The van der Waals surface area contributed by atoms with E-state index < -0.39 is 10.0 Å². The average Bonchev–Trinajstić information content (AvgIpc) is 3.48. The molecule has 0 aliphatic heterocycles. The molecule has 0 N–H and O–H groups in total. The predicted molar refractivity (Wildman–Crippen MR) is 120 cm³/mol. The highest BCUT2D eigenvalue weighted by molar-refractivity contribution is 7.90. The van der Waals surface area contributed by atoms with Crippen LogP contribution in [0.5, 0.6) is 0 Å². The fourth-order valence-corrected chi connectivity index (χ4v) is 6.25. The molecule has 3 aromatic heterocycles. The Balaban J connectivity index is 1.60. The maximum absolute atomic E-state index is 13.3. The monoisotopic (exact) mass is 448 g/mol. The molecule has 0 unspecified atom stereocenters. The van der Waals surface area contributed by atoms with E-state index in [4.69, 9.17) is 5.26 Å². The van der Waals surface area contributed by atoms with E-state index >= 15 is 0 Å². The van der Waals surface area contributed by atoms with Crippen molar-refractivity contribution in [2.24, 2.45) is 11.8 Å². The zero-order valence-electron chi connectivity index (χ0n) is 18.0. The molecule has 0 radical (unpaired) electrons. The minimum absolute atomic E-state index is 0.205. The van der Waals surface area contributed by atoms with Crippen molar-refractivity contribution >= 4 is 26.8 Å². The van der Waals surface area contributed by atoms with Gasteiger partial charge in [-0.1, -0.05) is 24.6 Å². The third-order valence-corrected chi connectivity index (χ3v) is 8.30. The number of aryl methyl sites for hydroxylation is 1. The molecule has 1 saturated carbocycles. The van der Waals surface area contributed by atoms with Crippen LogP contribution < -0.4 is 0 Å². The van der Waals surface area contributed by atoms with Crippen LogP contribution >= 0.6 is 0 Å². The molecule has 5 rings (SSSR count). The topological polar surface area (TPSA) is 106 Å². The summed E-state index contributed by atoms with van der Waals surface area (Å²) in [6.45, 7) is 4.13. The molecule has 0 amide bonds. The van der Waals surface area contributed by atoms with Crippen molar-refractivity contribution in [3.05, 3.63) is 54.1 Å². The Morgan fingerprint density at radius 3 is 2.69 bits per heavy atom. The van der Waals surface area contributed by atoms with Gasteiger partial charge in [0.15, 0.2) is 11.3 Å². The van der Waals surface area contributed by atoms with Crippen molar-refractivity contribution in [1.82, 2.24) is 23.6 Å². The minimum Gasteiger partial charge on any atom is -0.274 e. The molecule has 1 fully saturated rings. The molecule has 4 aromatic rings. The maximum Gasteiger partial charge on any atom is 0.269 e. The number of benzene rings is 1. The zero-order chi connectivity index (χ0) is 22.5. The highest BCUT2D eigenvalue weighted by atomic mass is 32.2. The normalized spacial score (nSPS) is 21.3. The lowest BCUT2D eigenvalue weighted by Gasteiger charge is -2.14. The summed E-state index contributed by atoms with van der Waals surface area (Å²) >= 11 is 0. The van der Waals surface area contributed by atoms with E-state index in [-0.39, 0.29) is 10.8 Å². The lowest BCUT2D eigenvalue weighted by atomic mass is 9.97. The molecule has 32 heavy (non-hydrogen) atoms. The second kappa shape index (κ2) is 7.71. The third kappa shape index (κ3) is 3.26. The van der Waals surface area contributed by atoms with Crippen LogP contribution in [0.25, 0.3) is 16.8 Å². The van der Waals surface area contributed by atoms with Gasteiger partial charge < -0.3 is 0 Å². The van der Waals surface area contributed by atoms with Gasteiger partial charge in [-0.3, -0.25) is 4.40 Å². The summed E-state index contributed by atoms with van der Waals surface area (Å²) in [6.07, 6.45) is 6.60. The van der Waals surface area contributed by atoms with Gasteiger partial charge in [0, 0.05) is 18.5 Å². The molecular formula is C23H24N6O2S. The standard InChI is InChI=1S/C23H24N6O2S/c1-15-5-7-18(8-6-15)32(30,31)28-11-9-20-23(28)25-14-21-26-27-22(29(20)21)19-13-17(4-3-10-24)12-16(19)2/h5-9,11,14,16-17,19H,3-4,12-13H2,1-2H3/t16-,17-,19+/m1/s1. The number of rotatable bonds is 5. The summed E-state index contributed by atoms with van der Waals surface area (Å²) in [5.74, 6) is 1.94. The number of nitrogens with zero attached hydrogens (tertiary/aromatic N) is 6. The van der Waals surface area contributed by atoms with Gasteiger partial charge in [0.1, 0.15) is 5.82 Å². The highest BCUT2D eigenvalue weighted by Gasteiger charge is 2.35. The molecule has 3 heterocycles. The molecule has 0 saturated heterocycles. The summed E-state index contributed by atoms with van der Waals surface area (Å²) in [4.78, 5) is 4.64. The highest BCUT2D eigenvalue weighted by Crippen LogP contribution is 2.44. The molecule has 1 aromatic carbocycles. The third-order valence-electron chi connectivity index (χ3n) is 6.62. The van der Waals surface area contributed by atoms with Gasteiger partial charge >= 0.3 is 0 Å². The first kappa shape index (κ1) is 20.6. The Hall–Kier alpha value is -3.25. The van der Waals surface area contributed by atoms with Crippen molar-refractivity contribution < 1.29 is 8.42 Å². The van der Waals surface area contributed by atoms with E-state index in [2.05, 4.69) is 28.2 Å². The molecular weight excluding hydrogens is 424 g/mol. The number of aromatic nitrogens is 5. The van der Waals surface area contributed by atoms with E-state index in [0.717, 1.165) is 30.7 Å². The van der Waals surface area contributed by atoms with Crippen molar-refractivity contribution in [3.8, 4) is 6.07 Å². The van der Waals surface area contributed by atoms with Crippen molar-refractivity contribution in [1.29, 1.82) is 5.26 Å². The zero-order valence-corrected chi connectivity index (χ0v) is 18.8. The second-order valence-corrected chi connectivity index (χ2v) is 10.6. The largest absolute Gasteiger partial charge is 0.274 e. The fourth-order valence-electron chi connectivity index (χ4n) is 4.95. The Labute approximate surface area is 186 Å². The molecule has 0 bridgehead atoms. The summed E-state index contributed by atoms with van der Waals surface area (Å²) in [5.41, 5.74) is 2.62. The fraction of sp³-hybridized carbons (Fsp3) is 0.391. The van der Waals surface area contributed by atoms with Crippen LogP contribution in [0.4, 0.5) is 0 Å². The first-order valence-electron chi connectivity index (χ1n) is 10.8. The van der Waals surface area contributed by atoms with Gasteiger partial charge in [-0.25, -0.2) is 17.4 Å². The lowest BCUT2D eigenvalue weighted by molar-refractivity contribution is 0.484. The molecule has 1 aliphatic carbocycles. The Bertz CT molecular complexity index is 1450. The van der Waals surface area contributed by atoms with Gasteiger partial charge in [-0.05, 0) is 56.2 Å². The van der Waals surface area contributed by atoms with Crippen molar-refractivity contribution in [3.63, 3.8) is 0 Å². The first-order chi connectivity index (χ1) is 15.4. The molecule has 164 valence electrons. The Morgan fingerprint density at radius 2 is 1.94 bits per heavy atom. The number of hydrogen-bond acceptors (Lipinski definition) is 6. The van der Waals surface area contributed by atoms with Gasteiger partial charge in [-0.2, -0.15) is 5.26 Å². The minimum atomic E-state index is -3.78. The van der Waals surface area contributed by atoms with Crippen LogP contribution in [-0.2, 0) is 10.0 Å². The van der Waals surface area contributed by atoms with Crippen LogP contribution in [0.1, 0.15) is 49.9 Å². The molecule has 3 atom stereocenters.